The number of alkyl halides is 1. The molecule has 1 fully saturated rings. The van der Waals surface area contributed by atoms with Crippen LogP contribution in [0.5, 0.6) is 0 Å². The van der Waals surface area contributed by atoms with E-state index < -0.39 is 11.6 Å². The summed E-state index contributed by atoms with van der Waals surface area (Å²) in [6.07, 6.45) is 0. The zero-order chi connectivity index (χ0) is 14.9. The van der Waals surface area contributed by atoms with Crippen LogP contribution in [0.4, 0.5) is 14.5 Å². The molecule has 0 unspecified atom stereocenters. The summed E-state index contributed by atoms with van der Waals surface area (Å²) in [4.78, 5) is 4.15. The first-order valence-electron chi connectivity index (χ1n) is 6.87. The molecule has 0 aromatic heterocycles. The quantitative estimate of drug-likeness (QED) is 0.752. The molecule has 1 aromatic carbocycles. The number of halogens is 3. The van der Waals surface area contributed by atoms with Crippen LogP contribution >= 0.6 is 15.9 Å². The van der Waals surface area contributed by atoms with E-state index in [-0.39, 0.29) is 11.2 Å². The molecule has 0 amide bonds. The van der Waals surface area contributed by atoms with E-state index in [1.165, 1.54) is 12.1 Å². The molecular weight excluding hydrogens is 326 g/mol. The fraction of sp³-hybridized carbons (Fsp3) is 0.600. The molecule has 1 aliphatic rings. The van der Waals surface area contributed by atoms with Crippen LogP contribution in [0.3, 0.4) is 0 Å². The van der Waals surface area contributed by atoms with Gasteiger partial charge >= 0.3 is 0 Å². The van der Waals surface area contributed by atoms with Crippen molar-refractivity contribution >= 4 is 21.6 Å². The molecule has 0 saturated carbocycles. The summed E-state index contributed by atoms with van der Waals surface area (Å²) in [6, 6.07) is 2.81. The SMILES string of the molecule is CC(C)(C)N1CCN(c2c(F)cc(CBr)cc2F)CC1. The number of hydrogen-bond donors (Lipinski definition) is 0. The summed E-state index contributed by atoms with van der Waals surface area (Å²) >= 11 is 3.22. The molecule has 0 aliphatic carbocycles. The summed E-state index contributed by atoms with van der Waals surface area (Å²) in [6.45, 7) is 9.43. The number of anilines is 1. The predicted octanol–water partition coefficient (Wildman–Crippen LogP) is 3.78. The maximum absolute atomic E-state index is 14.1. The van der Waals surface area contributed by atoms with Crippen molar-refractivity contribution in [2.45, 2.75) is 31.6 Å². The molecule has 0 spiro atoms. The second kappa shape index (κ2) is 5.98. The Balaban J connectivity index is 2.15. The molecule has 0 bridgehead atoms. The fourth-order valence-electron chi connectivity index (χ4n) is 2.60. The minimum Gasteiger partial charge on any atom is -0.364 e. The third-order valence-electron chi connectivity index (χ3n) is 3.78. The normalized spacial score (nSPS) is 17.6. The van der Waals surface area contributed by atoms with Crippen molar-refractivity contribution < 1.29 is 8.78 Å². The predicted molar refractivity (Wildman–Crippen MR) is 82.5 cm³/mol. The number of hydrogen-bond acceptors (Lipinski definition) is 2. The Morgan fingerprint density at radius 1 is 1.05 bits per heavy atom. The summed E-state index contributed by atoms with van der Waals surface area (Å²) in [5, 5.41) is 0.457. The third-order valence-corrected chi connectivity index (χ3v) is 4.42. The lowest BCUT2D eigenvalue weighted by Gasteiger charge is -2.43. The maximum atomic E-state index is 14.1. The first kappa shape index (κ1) is 15.7. The van der Waals surface area contributed by atoms with Crippen molar-refractivity contribution in [2.24, 2.45) is 0 Å². The number of piperazine rings is 1. The Hall–Kier alpha value is -0.680. The first-order chi connectivity index (χ1) is 9.32. The van der Waals surface area contributed by atoms with E-state index >= 15 is 0 Å². The standard InChI is InChI=1S/C15H21BrF2N2/c1-15(2,3)20-6-4-19(5-7-20)14-12(17)8-11(10-16)9-13(14)18/h8-9H,4-7,10H2,1-3H3. The van der Waals surface area contributed by atoms with Crippen LogP contribution in [0.25, 0.3) is 0 Å². The van der Waals surface area contributed by atoms with Gasteiger partial charge in [-0.2, -0.15) is 0 Å². The van der Waals surface area contributed by atoms with Gasteiger partial charge in [0.15, 0.2) is 0 Å². The van der Waals surface area contributed by atoms with Crippen LogP contribution in [0.1, 0.15) is 26.3 Å². The number of nitrogens with zero attached hydrogens (tertiary/aromatic N) is 2. The van der Waals surface area contributed by atoms with Crippen molar-refractivity contribution in [3.63, 3.8) is 0 Å². The van der Waals surface area contributed by atoms with Crippen LogP contribution in [0.15, 0.2) is 12.1 Å². The Morgan fingerprint density at radius 3 is 1.95 bits per heavy atom. The average molecular weight is 347 g/mol. The Labute approximate surface area is 127 Å². The highest BCUT2D eigenvalue weighted by Crippen LogP contribution is 2.28. The first-order valence-corrected chi connectivity index (χ1v) is 7.99. The van der Waals surface area contributed by atoms with Gasteiger partial charge in [-0.3, -0.25) is 4.90 Å². The second-order valence-electron chi connectivity index (χ2n) is 6.19. The number of rotatable bonds is 2. The Morgan fingerprint density at radius 2 is 1.55 bits per heavy atom. The van der Waals surface area contributed by atoms with E-state index in [0.29, 0.717) is 24.0 Å². The van der Waals surface area contributed by atoms with Crippen molar-refractivity contribution in [2.75, 3.05) is 31.1 Å². The van der Waals surface area contributed by atoms with E-state index in [0.717, 1.165) is 13.1 Å². The van der Waals surface area contributed by atoms with Gasteiger partial charge in [0, 0.05) is 37.0 Å². The third kappa shape index (κ3) is 3.31. The number of benzene rings is 1. The van der Waals surface area contributed by atoms with Crippen molar-refractivity contribution in [3.05, 3.63) is 29.3 Å². The molecule has 1 saturated heterocycles. The molecule has 20 heavy (non-hydrogen) atoms. The van der Waals surface area contributed by atoms with Gasteiger partial charge in [0.1, 0.15) is 17.3 Å². The van der Waals surface area contributed by atoms with Gasteiger partial charge < -0.3 is 4.90 Å². The van der Waals surface area contributed by atoms with Gasteiger partial charge in [0.2, 0.25) is 0 Å². The van der Waals surface area contributed by atoms with Gasteiger partial charge in [-0.25, -0.2) is 8.78 Å². The van der Waals surface area contributed by atoms with Gasteiger partial charge in [-0.15, -0.1) is 0 Å². The molecule has 1 aliphatic heterocycles. The van der Waals surface area contributed by atoms with Crippen molar-refractivity contribution in [1.82, 2.24) is 4.90 Å². The van der Waals surface area contributed by atoms with E-state index in [2.05, 4.69) is 41.6 Å². The molecule has 112 valence electrons. The van der Waals surface area contributed by atoms with Gasteiger partial charge in [0.05, 0.1) is 0 Å². The van der Waals surface area contributed by atoms with Gasteiger partial charge in [-0.05, 0) is 38.5 Å². The summed E-state index contributed by atoms with van der Waals surface area (Å²) in [5.74, 6) is -0.938. The van der Waals surface area contributed by atoms with Gasteiger partial charge in [0.25, 0.3) is 0 Å². The molecule has 1 aromatic rings. The smallest absolute Gasteiger partial charge is 0.149 e. The molecule has 0 atom stereocenters. The molecule has 2 nitrogen and oxygen atoms in total. The van der Waals surface area contributed by atoms with E-state index in [4.69, 9.17) is 0 Å². The summed E-state index contributed by atoms with van der Waals surface area (Å²) in [5.41, 5.74) is 0.837. The molecule has 1 heterocycles. The lowest BCUT2D eigenvalue weighted by molar-refractivity contribution is 0.128. The zero-order valence-corrected chi connectivity index (χ0v) is 13.8. The second-order valence-corrected chi connectivity index (χ2v) is 6.75. The Kier molecular flexibility index (Phi) is 4.69. The largest absolute Gasteiger partial charge is 0.364 e. The van der Waals surface area contributed by atoms with E-state index in [9.17, 15) is 8.78 Å². The maximum Gasteiger partial charge on any atom is 0.149 e. The Bertz CT molecular complexity index is 454. The van der Waals surface area contributed by atoms with Crippen molar-refractivity contribution in [1.29, 1.82) is 0 Å². The van der Waals surface area contributed by atoms with Crippen LogP contribution in [-0.2, 0) is 5.33 Å². The van der Waals surface area contributed by atoms with E-state index in [1.54, 1.807) is 0 Å². The minimum atomic E-state index is -0.469. The highest BCUT2D eigenvalue weighted by atomic mass is 79.9. The fourth-order valence-corrected chi connectivity index (χ4v) is 2.92. The van der Waals surface area contributed by atoms with Crippen molar-refractivity contribution in [3.8, 4) is 0 Å². The van der Waals surface area contributed by atoms with E-state index in [1.807, 2.05) is 4.90 Å². The van der Waals surface area contributed by atoms with Crippen LogP contribution in [0, 0.1) is 11.6 Å². The van der Waals surface area contributed by atoms with Crippen LogP contribution in [-0.4, -0.2) is 36.6 Å². The lowest BCUT2D eigenvalue weighted by Crippen LogP contribution is -2.53. The molecule has 2 rings (SSSR count). The summed E-state index contributed by atoms with van der Waals surface area (Å²) in [7, 11) is 0. The minimum absolute atomic E-state index is 0.100. The highest BCUT2D eigenvalue weighted by molar-refractivity contribution is 9.08. The van der Waals surface area contributed by atoms with Gasteiger partial charge in [-0.1, -0.05) is 15.9 Å². The zero-order valence-electron chi connectivity index (χ0n) is 12.2. The molecular formula is C15H21BrF2N2. The molecule has 5 heteroatoms. The highest BCUT2D eigenvalue weighted by Gasteiger charge is 2.28. The van der Waals surface area contributed by atoms with Crippen LogP contribution < -0.4 is 4.90 Å². The summed E-state index contributed by atoms with van der Waals surface area (Å²) < 4.78 is 28.2. The topological polar surface area (TPSA) is 6.48 Å². The monoisotopic (exact) mass is 346 g/mol. The molecule has 0 N–H and O–H groups in total. The molecule has 0 radical (unpaired) electrons. The lowest BCUT2D eigenvalue weighted by atomic mass is 10.0. The van der Waals surface area contributed by atoms with Crippen LogP contribution in [0.2, 0.25) is 0 Å². The average Bonchev–Trinajstić information content (AvgIpc) is 2.37.